The van der Waals surface area contributed by atoms with Crippen LogP contribution in [0.1, 0.15) is 10.4 Å². The molecule has 0 aliphatic carbocycles. The Morgan fingerprint density at radius 2 is 1.93 bits per heavy atom. The molecule has 0 heterocycles. The fraction of sp³-hybridized carbons (Fsp3) is 0.111. The number of carbonyl (C=O) groups excluding carboxylic acids is 1. The molecule has 0 aliphatic rings. The first-order chi connectivity index (χ1) is 6.59. The Hall–Kier alpha value is -2.04. The number of hydrogen-bond acceptors (Lipinski definition) is 3. The number of amides is 1. The van der Waals surface area contributed by atoms with Gasteiger partial charge in [0.1, 0.15) is 5.84 Å². The van der Waals surface area contributed by atoms with Crippen molar-refractivity contribution < 1.29 is 4.79 Å². The molecule has 5 nitrogen and oxygen atoms in total. The summed E-state index contributed by atoms with van der Waals surface area (Å²) in [6.45, 7) is 0.0587. The van der Waals surface area contributed by atoms with Crippen LogP contribution < -0.4 is 16.8 Å². The molecule has 0 spiro atoms. The molecular formula is C9H12N4O. The van der Waals surface area contributed by atoms with Crippen molar-refractivity contribution in [1.29, 1.82) is 5.41 Å². The van der Waals surface area contributed by atoms with E-state index in [1.165, 1.54) is 0 Å². The highest BCUT2D eigenvalue weighted by Crippen LogP contribution is 2.04. The van der Waals surface area contributed by atoms with Gasteiger partial charge < -0.3 is 16.8 Å². The summed E-state index contributed by atoms with van der Waals surface area (Å²) < 4.78 is 0. The third kappa shape index (κ3) is 2.78. The van der Waals surface area contributed by atoms with Crippen molar-refractivity contribution in [2.75, 3.05) is 12.3 Å². The van der Waals surface area contributed by atoms with Gasteiger partial charge in [-0.2, -0.15) is 0 Å². The summed E-state index contributed by atoms with van der Waals surface area (Å²) in [5.74, 6) is -0.339. The molecule has 1 rings (SSSR count). The van der Waals surface area contributed by atoms with Crippen molar-refractivity contribution in [3.63, 3.8) is 0 Å². The Kier molecular flexibility index (Phi) is 3.06. The SMILES string of the molecule is N=C(N)CNC(=O)c1ccc(N)cc1. The maximum Gasteiger partial charge on any atom is 0.251 e. The van der Waals surface area contributed by atoms with Gasteiger partial charge in [0, 0.05) is 11.3 Å². The van der Waals surface area contributed by atoms with E-state index in [2.05, 4.69) is 5.32 Å². The molecule has 0 unspecified atom stereocenters. The Balaban J connectivity index is 2.61. The molecule has 6 N–H and O–H groups in total. The summed E-state index contributed by atoms with van der Waals surface area (Å²) in [4.78, 5) is 11.4. The van der Waals surface area contributed by atoms with Gasteiger partial charge >= 0.3 is 0 Å². The van der Waals surface area contributed by atoms with E-state index >= 15 is 0 Å². The molecule has 0 aliphatic heterocycles. The number of nitrogens with two attached hydrogens (primary N) is 2. The standard InChI is InChI=1S/C9H12N4O/c10-7-3-1-6(2-4-7)9(14)13-5-8(11)12/h1-4H,5,10H2,(H3,11,12)(H,13,14). The van der Waals surface area contributed by atoms with Gasteiger partial charge in [-0.05, 0) is 24.3 Å². The molecule has 0 saturated carbocycles. The van der Waals surface area contributed by atoms with Crippen molar-refractivity contribution in [2.24, 2.45) is 5.73 Å². The molecule has 0 atom stereocenters. The van der Waals surface area contributed by atoms with E-state index in [1.807, 2.05) is 0 Å². The average Bonchev–Trinajstić information content (AvgIpc) is 2.15. The molecule has 1 aromatic carbocycles. The fourth-order valence-electron chi connectivity index (χ4n) is 0.912. The smallest absolute Gasteiger partial charge is 0.251 e. The van der Waals surface area contributed by atoms with Crippen LogP contribution in [-0.2, 0) is 0 Å². The molecule has 74 valence electrons. The van der Waals surface area contributed by atoms with Crippen LogP contribution in [-0.4, -0.2) is 18.3 Å². The lowest BCUT2D eigenvalue weighted by Gasteiger charge is -2.03. The number of rotatable bonds is 3. The molecule has 5 heteroatoms. The van der Waals surface area contributed by atoms with E-state index in [-0.39, 0.29) is 18.3 Å². The number of amidine groups is 1. The largest absolute Gasteiger partial charge is 0.399 e. The lowest BCUT2D eigenvalue weighted by molar-refractivity contribution is 0.0959. The number of nitrogen functional groups attached to an aromatic ring is 1. The molecule has 0 bridgehead atoms. The monoisotopic (exact) mass is 192 g/mol. The van der Waals surface area contributed by atoms with Crippen molar-refractivity contribution in [3.05, 3.63) is 29.8 Å². The van der Waals surface area contributed by atoms with Gasteiger partial charge in [0.2, 0.25) is 0 Å². The predicted molar refractivity (Wildman–Crippen MR) is 55.1 cm³/mol. The highest BCUT2D eigenvalue weighted by Gasteiger charge is 2.03. The summed E-state index contributed by atoms with van der Waals surface area (Å²) in [5.41, 5.74) is 11.7. The van der Waals surface area contributed by atoms with Crippen LogP contribution in [0, 0.1) is 5.41 Å². The first kappa shape index (κ1) is 10.0. The summed E-state index contributed by atoms with van der Waals surface area (Å²) >= 11 is 0. The number of carbonyl (C=O) groups is 1. The van der Waals surface area contributed by atoms with Gasteiger partial charge in [-0.3, -0.25) is 10.2 Å². The van der Waals surface area contributed by atoms with Gasteiger partial charge in [-0.1, -0.05) is 0 Å². The van der Waals surface area contributed by atoms with Gasteiger partial charge in [0.05, 0.1) is 6.54 Å². The molecule has 1 aromatic rings. The van der Waals surface area contributed by atoms with Crippen LogP contribution in [0.3, 0.4) is 0 Å². The maximum atomic E-state index is 11.4. The highest BCUT2D eigenvalue weighted by atomic mass is 16.1. The Bertz CT molecular complexity index is 344. The minimum atomic E-state index is -0.264. The van der Waals surface area contributed by atoms with E-state index in [0.29, 0.717) is 11.3 Å². The molecule has 14 heavy (non-hydrogen) atoms. The van der Waals surface area contributed by atoms with Gasteiger partial charge in [-0.25, -0.2) is 0 Å². The third-order valence-electron chi connectivity index (χ3n) is 1.61. The first-order valence-electron chi connectivity index (χ1n) is 4.06. The van der Waals surface area contributed by atoms with Gasteiger partial charge in [-0.15, -0.1) is 0 Å². The summed E-state index contributed by atoms with van der Waals surface area (Å²) in [6.07, 6.45) is 0. The third-order valence-corrected chi connectivity index (χ3v) is 1.61. The zero-order valence-electron chi connectivity index (χ0n) is 7.58. The Morgan fingerprint density at radius 1 is 1.36 bits per heavy atom. The molecule has 0 radical (unpaired) electrons. The van der Waals surface area contributed by atoms with Crippen molar-refractivity contribution in [3.8, 4) is 0 Å². The summed E-state index contributed by atoms with van der Waals surface area (Å²) in [5, 5.41) is 9.42. The molecule has 0 saturated heterocycles. The van der Waals surface area contributed by atoms with Crippen LogP contribution >= 0.6 is 0 Å². The lowest BCUT2D eigenvalue weighted by Crippen LogP contribution is -2.32. The predicted octanol–water partition coefficient (Wildman–Crippen LogP) is -0.0654. The average molecular weight is 192 g/mol. The zero-order chi connectivity index (χ0) is 10.6. The Morgan fingerprint density at radius 3 is 2.43 bits per heavy atom. The van der Waals surface area contributed by atoms with Crippen LogP contribution in [0.5, 0.6) is 0 Å². The number of benzene rings is 1. The molecule has 0 aromatic heterocycles. The minimum absolute atomic E-state index is 0.0587. The zero-order valence-corrected chi connectivity index (χ0v) is 7.58. The van der Waals surface area contributed by atoms with E-state index in [1.54, 1.807) is 24.3 Å². The normalized spacial score (nSPS) is 9.43. The van der Waals surface area contributed by atoms with Crippen molar-refractivity contribution in [2.45, 2.75) is 0 Å². The second-order valence-corrected chi connectivity index (χ2v) is 2.83. The van der Waals surface area contributed by atoms with Crippen LogP contribution in [0.15, 0.2) is 24.3 Å². The number of anilines is 1. The summed E-state index contributed by atoms with van der Waals surface area (Å²) in [7, 11) is 0. The molecular weight excluding hydrogens is 180 g/mol. The van der Waals surface area contributed by atoms with E-state index in [4.69, 9.17) is 16.9 Å². The van der Waals surface area contributed by atoms with Gasteiger partial charge in [0.15, 0.2) is 0 Å². The first-order valence-corrected chi connectivity index (χ1v) is 4.06. The van der Waals surface area contributed by atoms with Gasteiger partial charge in [0.25, 0.3) is 5.91 Å². The minimum Gasteiger partial charge on any atom is -0.399 e. The van der Waals surface area contributed by atoms with Crippen LogP contribution in [0.4, 0.5) is 5.69 Å². The topological polar surface area (TPSA) is 105 Å². The van der Waals surface area contributed by atoms with Crippen molar-refractivity contribution >= 4 is 17.4 Å². The Labute approximate surface area is 81.6 Å². The quantitative estimate of drug-likeness (QED) is 0.306. The van der Waals surface area contributed by atoms with Crippen LogP contribution in [0.2, 0.25) is 0 Å². The highest BCUT2D eigenvalue weighted by molar-refractivity contribution is 5.96. The van der Waals surface area contributed by atoms with E-state index in [0.717, 1.165) is 0 Å². The van der Waals surface area contributed by atoms with Crippen LogP contribution in [0.25, 0.3) is 0 Å². The fourth-order valence-corrected chi connectivity index (χ4v) is 0.912. The maximum absolute atomic E-state index is 11.4. The number of hydrogen-bond donors (Lipinski definition) is 4. The molecule has 1 amide bonds. The van der Waals surface area contributed by atoms with E-state index < -0.39 is 0 Å². The lowest BCUT2D eigenvalue weighted by atomic mass is 10.2. The van der Waals surface area contributed by atoms with E-state index in [9.17, 15) is 4.79 Å². The summed E-state index contributed by atoms with van der Waals surface area (Å²) in [6, 6.07) is 6.51. The molecule has 0 fully saturated rings. The number of nitrogens with one attached hydrogen (secondary N) is 2. The second-order valence-electron chi connectivity index (χ2n) is 2.83. The second kappa shape index (κ2) is 4.27. The van der Waals surface area contributed by atoms with Crippen molar-refractivity contribution in [1.82, 2.24) is 5.32 Å².